The van der Waals surface area contributed by atoms with E-state index in [1.54, 1.807) is 6.07 Å². The summed E-state index contributed by atoms with van der Waals surface area (Å²) >= 11 is 0. The van der Waals surface area contributed by atoms with Gasteiger partial charge in [-0.1, -0.05) is 111 Å². The minimum atomic E-state index is -2.91. The zero-order chi connectivity index (χ0) is 24.9. The van der Waals surface area contributed by atoms with Crippen LogP contribution in [0.2, 0.25) is 5.04 Å². The molecule has 0 aliphatic carbocycles. The molecule has 0 fully saturated rings. The van der Waals surface area contributed by atoms with Crippen LogP contribution in [-0.2, 0) is 0 Å². The molecule has 35 heavy (non-hydrogen) atoms. The largest absolute Gasteiger partial charge is 0.533 e. The lowest BCUT2D eigenvalue weighted by Crippen LogP contribution is -2.68. The standard InChI is InChI=1S/C30H27NO3Si/c1-30(2,3)35(27-15-9-5-10-16-27,28-17-11-6-12-18-28)34-29-22-21-26(31(32)33)23-25(29)20-19-24-13-7-4-8-14-24/h4-18,21-23H,1-3H3. The second-order valence-electron chi connectivity index (χ2n) is 9.32. The third-order valence-electron chi connectivity index (χ3n) is 5.97. The van der Waals surface area contributed by atoms with Crippen LogP contribution >= 0.6 is 0 Å². The minimum absolute atomic E-state index is 0.0165. The Morgan fingerprint density at radius 3 is 1.74 bits per heavy atom. The van der Waals surface area contributed by atoms with E-state index in [-0.39, 0.29) is 10.7 Å². The molecule has 0 radical (unpaired) electrons. The fourth-order valence-corrected chi connectivity index (χ4v) is 8.73. The van der Waals surface area contributed by atoms with Crippen LogP contribution in [0.15, 0.2) is 109 Å². The Kier molecular flexibility index (Phi) is 6.86. The first-order valence-corrected chi connectivity index (χ1v) is 13.4. The van der Waals surface area contributed by atoms with E-state index >= 15 is 0 Å². The topological polar surface area (TPSA) is 52.4 Å². The van der Waals surface area contributed by atoms with E-state index < -0.39 is 13.2 Å². The van der Waals surface area contributed by atoms with Gasteiger partial charge in [-0.25, -0.2) is 0 Å². The van der Waals surface area contributed by atoms with Crippen LogP contribution in [0.4, 0.5) is 5.69 Å². The minimum Gasteiger partial charge on any atom is -0.533 e. The van der Waals surface area contributed by atoms with E-state index in [9.17, 15) is 10.1 Å². The summed E-state index contributed by atoms with van der Waals surface area (Å²) in [5.41, 5.74) is 1.31. The maximum absolute atomic E-state index is 11.6. The number of non-ortho nitro benzene ring substituents is 1. The predicted molar refractivity (Wildman–Crippen MR) is 144 cm³/mol. The summed E-state index contributed by atoms with van der Waals surface area (Å²) in [4.78, 5) is 11.1. The maximum atomic E-state index is 11.6. The van der Waals surface area contributed by atoms with E-state index in [1.165, 1.54) is 12.1 Å². The first-order valence-electron chi connectivity index (χ1n) is 11.5. The highest BCUT2D eigenvalue weighted by atomic mass is 28.4. The number of hydrogen-bond acceptors (Lipinski definition) is 3. The van der Waals surface area contributed by atoms with Crippen molar-refractivity contribution in [1.82, 2.24) is 0 Å². The number of rotatable bonds is 5. The SMILES string of the molecule is CC(C)(C)[Si](Oc1ccc([N+](=O)[O-])cc1C#Cc1ccccc1)(c1ccccc1)c1ccccc1. The highest BCUT2D eigenvalue weighted by molar-refractivity contribution is 7.00. The Balaban J connectivity index is 1.94. The van der Waals surface area contributed by atoms with Crippen LogP contribution in [-0.4, -0.2) is 13.2 Å². The van der Waals surface area contributed by atoms with Crippen LogP contribution in [0, 0.1) is 22.0 Å². The molecule has 0 bridgehead atoms. The fraction of sp³-hybridized carbons (Fsp3) is 0.133. The van der Waals surface area contributed by atoms with Crippen molar-refractivity contribution in [2.45, 2.75) is 25.8 Å². The number of nitro benzene ring substituents is 1. The van der Waals surface area contributed by atoms with Gasteiger partial charge in [-0.2, -0.15) is 0 Å². The van der Waals surface area contributed by atoms with Gasteiger partial charge < -0.3 is 4.43 Å². The molecule has 4 aromatic rings. The van der Waals surface area contributed by atoms with E-state index in [0.717, 1.165) is 15.9 Å². The molecular formula is C30H27NO3Si. The van der Waals surface area contributed by atoms with Crippen molar-refractivity contribution >= 4 is 24.4 Å². The monoisotopic (exact) mass is 477 g/mol. The average Bonchev–Trinajstić information content (AvgIpc) is 2.87. The van der Waals surface area contributed by atoms with Crippen LogP contribution in [0.3, 0.4) is 0 Å². The molecule has 0 atom stereocenters. The number of benzene rings is 4. The van der Waals surface area contributed by atoms with Gasteiger partial charge >= 0.3 is 8.32 Å². The maximum Gasteiger partial charge on any atom is 0.320 e. The van der Waals surface area contributed by atoms with Gasteiger partial charge in [0.15, 0.2) is 0 Å². The van der Waals surface area contributed by atoms with Gasteiger partial charge in [0.2, 0.25) is 0 Å². The van der Waals surface area contributed by atoms with Gasteiger partial charge in [0.1, 0.15) is 5.75 Å². The third kappa shape index (κ3) is 5.03. The third-order valence-corrected chi connectivity index (χ3v) is 10.9. The molecule has 0 aliphatic rings. The lowest BCUT2D eigenvalue weighted by Gasteiger charge is -2.43. The van der Waals surface area contributed by atoms with Gasteiger partial charge in [0, 0.05) is 17.7 Å². The van der Waals surface area contributed by atoms with Crippen molar-refractivity contribution in [1.29, 1.82) is 0 Å². The first-order chi connectivity index (χ1) is 16.8. The molecule has 5 heteroatoms. The highest BCUT2D eigenvalue weighted by Crippen LogP contribution is 2.38. The predicted octanol–water partition coefficient (Wildman–Crippen LogP) is 5.93. The van der Waals surface area contributed by atoms with Crippen LogP contribution < -0.4 is 14.8 Å². The van der Waals surface area contributed by atoms with Gasteiger partial charge in [0.05, 0.1) is 10.5 Å². The Labute approximate surface area is 207 Å². The van der Waals surface area contributed by atoms with Gasteiger partial charge in [-0.3, -0.25) is 10.1 Å². The molecule has 0 unspecified atom stereocenters. The van der Waals surface area contributed by atoms with Crippen molar-refractivity contribution in [3.63, 3.8) is 0 Å². The molecule has 0 amide bonds. The Hall–Kier alpha value is -4.14. The molecule has 0 aromatic heterocycles. The second-order valence-corrected chi connectivity index (χ2v) is 13.5. The normalized spacial score (nSPS) is 11.3. The smallest absolute Gasteiger partial charge is 0.320 e. The molecule has 4 rings (SSSR count). The summed E-state index contributed by atoms with van der Waals surface area (Å²) < 4.78 is 7.11. The second kappa shape index (κ2) is 10.0. The Bertz CT molecular complexity index is 1330. The lowest BCUT2D eigenvalue weighted by molar-refractivity contribution is -0.384. The van der Waals surface area contributed by atoms with E-state index in [1.807, 2.05) is 66.7 Å². The fourth-order valence-electron chi connectivity index (χ4n) is 4.29. The van der Waals surface area contributed by atoms with E-state index in [2.05, 4.69) is 56.9 Å². The molecule has 4 nitrogen and oxygen atoms in total. The molecule has 4 aromatic carbocycles. The van der Waals surface area contributed by atoms with E-state index in [4.69, 9.17) is 4.43 Å². The van der Waals surface area contributed by atoms with Crippen LogP contribution in [0.25, 0.3) is 0 Å². The molecule has 174 valence electrons. The summed E-state index contributed by atoms with van der Waals surface area (Å²) in [6, 6.07) is 34.8. The van der Waals surface area contributed by atoms with Crippen molar-refractivity contribution < 1.29 is 9.35 Å². The number of nitrogens with zero attached hydrogens (tertiary/aromatic N) is 1. The highest BCUT2D eigenvalue weighted by Gasteiger charge is 2.52. The van der Waals surface area contributed by atoms with Crippen molar-refractivity contribution in [3.8, 4) is 17.6 Å². The van der Waals surface area contributed by atoms with Crippen LogP contribution in [0.5, 0.6) is 5.75 Å². The summed E-state index contributed by atoms with van der Waals surface area (Å²) in [6.45, 7) is 6.58. The zero-order valence-corrected chi connectivity index (χ0v) is 21.1. The van der Waals surface area contributed by atoms with Gasteiger partial charge in [-0.05, 0) is 33.6 Å². The average molecular weight is 478 g/mol. The van der Waals surface area contributed by atoms with Gasteiger partial charge in [0.25, 0.3) is 5.69 Å². The summed E-state index contributed by atoms with van der Waals surface area (Å²) in [6.07, 6.45) is 0. The number of nitro groups is 1. The van der Waals surface area contributed by atoms with Crippen LogP contribution in [0.1, 0.15) is 31.9 Å². The summed E-state index contributed by atoms with van der Waals surface area (Å²) in [5.74, 6) is 6.83. The summed E-state index contributed by atoms with van der Waals surface area (Å²) in [5, 5.41) is 13.6. The molecule has 0 saturated heterocycles. The Morgan fingerprint density at radius 2 is 1.26 bits per heavy atom. The van der Waals surface area contributed by atoms with Gasteiger partial charge in [-0.15, -0.1) is 0 Å². The first kappa shape index (κ1) is 24.0. The van der Waals surface area contributed by atoms with Crippen molar-refractivity contribution in [2.24, 2.45) is 0 Å². The molecule has 0 heterocycles. The quantitative estimate of drug-likeness (QED) is 0.155. The zero-order valence-electron chi connectivity index (χ0n) is 20.1. The Morgan fingerprint density at radius 1 is 0.743 bits per heavy atom. The molecule has 0 spiro atoms. The molecular weight excluding hydrogens is 450 g/mol. The molecule has 0 N–H and O–H groups in total. The molecule has 0 saturated carbocycles. The number of hydrogen-bond donors (Lipinski definition) is 0. The van der Waals surface area contributed by atoms with Crippen molar-refractivity contribution in [3.05, 3.63) is 130 Å². The van der Waals surface area contributed by atoms with Crippen molar-refractivity contribution in [2.75, 3.05) is 0 Å². The molecule has 0 aliphatic heterocycles. The summed E-state index contributed by atoms with van der Waals surface area (Å²) in [7, 11) is -2.91. The lowest BCUT2D eigenvalue weighted by atomic mass is 10.1. The van der Waals surface area contributed by atoms with E-state index in [0.29, 0.717) is 11.3 Å².